The van der Waals surface area contributed by atoms with Gasteiger partial charge in [-0.2, -0.15) is 0 Å². The Morgan fingerprint density at radius 2 is 1.75 bits per heavy atom. The summed E-state index contributed by atoms with van der Waals surface area (Å²) >= 11 is 1.74. The Balaban J connectivity index is 1.41. The highest BCUT2D eigenvalue weighted by atomic mass is 32.2. The molecule has 3 heteroatoms. The van der Waals surface area contributed by atoms with Crippen LogP contribution in [-0.2, 0) is 13.1 Å². The van der Waals surface area contributed by atoms with Crippen molar-refractivity contribution in [3.63, 3.8) is 0 Å². The molecule has 20 heavy (non-hydrogen) atoms. The monoisotopic (exact) mass is 287 g/mol. The van der Waals surface area contributed by atoms with Gasteiger partial charge in [0.15, 0.2) is 0 Å². The third-order valence-electron chi connectivity index (χ3n) is 3.59. The van der Waals surface area contributed by atoms with E-state index >= 15 is 0 Å². The molecule has 0 amide bonds. The van der Waals surface area contributed by atoms with Gasteiger partial charge in [-0.1, -0.05) is 30.3 Å². The van der Waals surface area contributed by atoms with Gasteiger partial charge in [0.2, 0.25) is 0 Å². The summed E-state index contributed by atoms with van der Waals surface area (Å²) in [6.07, 6.45) is 1.13. The quantitative estimate of drug-likeness (QED) is 0.595. The molecule has 2 aromatic carbocycles. The van der Waals surface area contributed by atoms with Gasteiger partial charge < -0.3 is 0 Å². The largest absolute Gasteiger partial charge is 0.295 e. The minimum absolute atomic E-state index is 0.148. The first-order valence-electron chi connectivity index (χ1n) is 6.99. The summed E-state index contributed by atoms with van der Waals surface area (Å²) in [6, 6.07) is 15.5. The first-order valence-corrected chi connectivity index (χ1v) is 7.97. The van der Waals surface area contributed by atoms with Gasteiger partial charge in [0.25, 0.3) is 0 Å². The Morgan fingerprint density at radius 3 is 2.45 bits per heavy atom. The van der Waals surface area contributed by atoms with Crippen molar-refractivity contribution >= 4 is 11.8 Å². The van der Waals surface area contributed by atoms with E-state index in [4.69, 9.17) is 0 Å². The zero-order valence-corrected chi connectivity index (χ0v) is 12.2. The van der Waals surface area contributed by atoms with E-state index in [2.05, 4.69) is 29.2 Å². The maximum atomic E-state index is 13.1. The van der Waals surface area contributed by atoms with Crippen LogP contribution < -0.4 is 0 Å². The Kier molecular flexibility index (Phi) is 4.38. The lowest BCUT2D eigenvalue weighted by Crippen LogP contribution is -2.18. The average molecular weight is 287 g/mol. The van der Waals surface area contributed by atoms with Crippen molar-refractivity contribution in [1.82, 2.24) is 4.90 Å². The van der Waals surface area contributed by atoms with Crippen LogP contribution in [0.25, 0.3) is 0 Å². The van der Waals surface area contributed by atoms with Crippen molar-refractivity contribution < 1.29 is 4.39 Å². The molecule has 0 spiro atoms. The Bertz CT molecular complexity index is 560. The summed E-state index contributed by atoms with van der Waals surface area (Å²) in [4.78, 5) is 3.51. The van der Waals surface area contributed by atoms with Gasteiger partial charge in [0.05, 0.1) is 0 Å². The summed E-state index contributed by atoms with van der Waals surface area (Å²) in [6.45, 7) is 3.25. The standard InChI is InChI=1S/C17H18FNS/c18-16-7-3-8-17(11-16)20-10-4-9-19-12-14-5-1-2-6-15(14)13-19/h1-3,5-8,11H,4,9-10,12-13H2. The van der Waals surface area contributed by atoms with Crippen LogP contribution in [0.4, 0.5) is 4.39 Å². The molecule has 0 aromatic heterocycles. The first-order chi connectivity index (χ1) is 9.81. The molecule has 3 rings (SSSR count). The van der Waals surface area contributed by atoms with Gasteiger partial charge in [-0.25, -0.2) is 4.39 Å². The van der Waals surface area contributed by atoms with Crippen molar-refractivity contribution in [3.8, 4) is 0 Å². The molecule has 1 aliphatic heterocycles. The van der Waals surface area contributed by atoms with E-state index in [1.165, 1.54) is 17.2 Å². The maximum absolute atomic E-state index is 13.1. The molecular formula is C17H18FNS. The second kappa shape index (κ2) is 6.42. The van der Waals surface area contributed by atoms with Gasteiger partial charge in [0, 0.05) is 18.0 Å². The molecule has 0 bridgehead atoms. The smallest absolute Gasteiger partial charge is 0.124 e. The van der Waals surface area contributed by atoms with Crippen LogP contribution in [0.1, 0.15) is 17.5 Å². The molecular weight excluding hydrogens is 269 g/mol. The van der Waals surface area contributed by atoms with Crippen molar-refractivity contribution in [2.75, 3.05) is 12.3 Å². The summed E-state index contributed by atoms with van der Waals surface area (Å²) in [5.74, 6) is 0.890. The second-order valence-electron chi connectivity index (χ2n) is 5.14. The van der Waals surface area contributed by atoms with Crippen molar-refractivity contribution in [2.24, 2.45) is 0 Å². The average Bonchev–Trinajstić information content (AvgIpc) is 2.86. The highest BCUT2D eigenvalue weighted by molar-refractivity contribution is 7.99. The van der Waals surface area contributed by atoms with E-state index in [0.717, 1.165) is 36.7 Å². The molecule has 0 unspecified atom stereocenters. The Labute approximate surface area is 123 Å². The molecule has 0 aliphatic carbocycles. The van der Waals surface area contributed by atoms with Crippen LogP contribution in [0.3, 0.4) is 0 Å². The topological polar surface area (TPSA) is 3.24 Å². The van der Waals surface area contributed by atoms with Gasteiger partial charge in [0.1, 0.15) is 5.82 Å². The lowest BCUT2D eigenvalue weighted by atomic mass is 10.1. The zero-order valence-electron chi connectivity index (χ0n) is 11.4. The molecule has 0 N–H and O–H groups in total. The summed E-state index contributed by atoms with van der Waals surface area (Å²) < 4.78 is 13.1. The highest BCUT2D eigenvalue weighted by Crippen LogP contribution is 2.23. The van der Waals surface area contributed by atoms with Crippen molar-refractivity contribution in [1.29, 1.82) is 0 Å². The number of nitrogens with zero attached hydrogens (tertiary/aromatic N) is 1. The van der Waals surface area contributed by atoms with E-state index in [-0.39, 0.29) is 5.82 Å². The summed E-state index contributed by atoms with van der Waals surface area (Å²) in [7, 11) is 0. The lowest BCUT2D eigenvalue weighted by Gasteiger charge is -2.14. The SMILES string of the molecule is Fc1cccc(SCCCN2Cc3ccccc3C2)c1. The van der Waals surface area contributed by atoms with E-state index in [0.29, 0.717) is 0 Å². The second-order valence-corrected chi connectivity index (χ2v) is 6.31. The Morgan fingerprint density at radius 1 is 1.00 bits per heavy atom. The number of fused-ring (bicyclic) bond motifs is 1. The van der Waals surface area contributed by atoms with Crippen LogP contribution in [0.5, 0.6) is 0 Å². The lowest BCUT2D eigenvalue weighted by molar-refractivity contribution is 0.286. The van der Waals surface area contributed by atoms with Crippen LogP contribution in [0.2, 0.25) is 0 Å². The fraction of sp³-hybridized carbons (Fsp3) is 0.294. The van der Waals surface area contributed by atoms with Crippen LogP contribution in [0.15, 0.2) is 53.4 Å². The molecule has 2 aromatic rings. The first kappa shape index (κ1) is 13.7. The predicted octanol–water partition coefficient (Wildman–Crippen LogP) is 4.32. The number of halogens is 1. The number of benzene rings is 2. The summed E-state index contributed by atoms with van der Waals surface area (Å²) in [5, 5.41) is 0. The van der Waals surface area contributed by atoms with Crippen LogP contribution in [0, 0.1) is 5.82 Å². The van der Waals surface area contributed by atoms with Gasteiger partial charge in [-0.3, -0.25) is 4.90 Å². The minimum atomic E-state index is -0.148. The van der Waals surface area contributed by atoms with Crippen LogP contribution >= 0.6 is 11.8 Å². The van der Waals surface area contributed by atoms with E-state index in [1.807, 2.05) is 6.07 Å². The molecule has 1 heterocycles. The fourth-order valence-electron chi connectivity index (χ4n) is 2.60. The third-order valence-corrected chi connectivity index (χ3v) is 4.67. The maximum Gasteiger partial charge on any atom is 0.124 e. The molecule has 0 radical (unpaired) electrons. The minimum Gasteiger partial charge on any atom is -0.295 e. The van der Waals surface area contributed by atoms with E-state index < -0.39 is 0 Å². The molecule has 0 fully saturated rings. The van der Waals surface area contributed by atoms with E-state index in [9.17, 15) is 4.39 Å². The van der Waals surface area contributed by atoms with Gasteiger partial charge >= 0.3 is 0 Å². The summed E-state index contributed by atoms with van der Waals surface area (Å²) in [5.41, 5.74) is 2.93. The zero-order chi connectivity index (χ0) is 13.8. The molecule has 1 aliphatic rings. The fourth-order valence-corrected chi connectivity index (χ4v) is 3.48. The van der Waals surface area contributed by atoms with Gasteiger partial charge in [-0.05, 0) is 48.0 Å². The number of rotatable bonds is 5. The molecule has 1 nitrogen and oxygen atoms in total. The normalized spacial score (nSPS) is 14.4. The Hall–Kier alpha value is -1.32. The molecule has 104 valence electrons. The molecule has 0 saturated heterocycles. The van der Waals surface area contributed by atoms with Crippen molar-refractivity contribution in [3.05, 3.63) is 65.5 Å². The highest BCUT2D eigenvalue weighted by Gasteiger charge is 2.17. The number of hydrogen-bond donors (Lipinski definition) is 0. The predicted molar refractivity (Wildman–Crippen MR) is 82.3 cm³/mol. The number of hydrogen-bond acceptors (Lipinski definition) is 2. The molecule has 0 saturated carbocycles. The van der Waals surface area contributed by atoms with Gasteiger partial charge in [-0.15, -0.1) is 11.8 Å². The van der Waals surface area contributed by atoms with E-state index in [1.54, 1.807) is 23.9 Å². The van der Waals surface area contributed by atoms with Crippen molar-refractivity contribution in [2.45, 2.75) is 24.4 Å². The molecule has 0 atom stereocenters. The third kappa shape index (κ3) is 3.41. The van der Waals surface area contributed by atoms with Crippen LogP contribution in [-0.4, -0.2) is 17.2 Å². The number of thioether (sulfide) groups is 1.